The third-order valence-corrected chi connectivity index (χ3v) is 2.36. The van der Waals surface area contributed by atoms with Gasteiger partial charge in [-0.05, 0) is 28.1 Å². The highest BCUT2D eigenvalue weighted by molar-refractivity contribution is 9.10. The molecule has 14 heavy (non-hydrogen) atoms. The largest absolute Gasteiger partial charge is 0.492 e. The second kappa shape index (κ2) is 3.46. The molecule has 4 heteroatoms. The summed E-state index contributed by atoms with van der Waals surface area (Å²) in [6.45, 7) is 0. The van der Waals surface area contributed by atoms with Crippen molar-refractivity contribution in [3.05, 3.63) is 28.4 Å². The van der Waals surface area contributed by atoms with Crippen molar-refractivity contribution in [1.29, 1.82) is 0 Å². The topological polar surface area (TPSA) is 39.4 Å². The van der Waals surface area contributed by atoms with E-state index in [1.54, 1.807) is 6.07 Å². The molecule has 3 nitrogen and oxygen atoms in total. The van der Waals surface area contributed by atoms with Crippen LogP contribution in [0, 0.1) is 0 Å². The number of hydrogen-bond acceptors (Lipinski definition) is 3. The molecular weight excluding hydrogens is 248 g/mol. The predicted octanol–water partition coefficient (Wildman–Crippen LogP) is 3.02. The Hall–Kier alpha value is -1.29. The average molecular weight is 255 g/mol. The molecule has 1 heterocycles. The Morgan fingerprint density at radius 1 is 1.50 bits per heavy atom. The van der Waals surface area contributed by atoms with Gasteiger partial charge in [0.05, 0.1) is 12.7 Å². The summed E-state index contributed by atoms with van der Waals surface area (Å²) in [5.74, 6) is 0.475. The second-order valence-electron chi connectivity index (χ2n) is 2.77. The number of aldehydes is 1. The molecule has 0 spiro atoms. The molecule has 2 aromatic rings. The fraction of sp³-hybridized carbons (Fsp3) is 0.100. The van der Waals surface area contributed by atoms with E-state index in [1.165, 1.54) is 7.11 Å². The Labute approximate surface area is 88.8 Å². The first-order valence-corrected chi connectivity index (χ1v) is 4.77. The van der Waals surface area contributed by atoms with E-state index in [0.717, 1.165) is 11.7 Å². The Morgan fingerprint density at radius 3 is 2.93 bits per heavy atom. The van der Waals surface area contributed by atoms with Crippen LogP contribution in [-0.4, -0.2) is 13.4 Å². The highest BCUT2D eigenvalue weighted by Gasteiger charge is 2.11. The molecule has 0 radical (unpaired) electrons. The van der Waals surface area contributed by atoms with Crippen molar-refractivity contribution in [2.24, 2.45) is 0 Å². The predicted molar refractivity (Wildman–Crippen MR) is 55.9 cm³/mol. The van der Waals surface area contributed by atoms with Crippen molar-refractivity contribution in [1.82, 2.24) is 0 Å². The Kier molecular flexibility index (Phi) is 2.29. The van der Waals surface area contributed by atoms with Crippen LogP contribution in [0.5, 0.6) is 5.75 Å². The van der Waals surface area contributed by atoms with Gasteiger partial charge in [-0.25, -0.2) is 0 Å². The first-order valence-electron chi connectivity index (χ1n) is 3.97. The van der Waals surface area contributed by atoms with Gasteiger partial charge in [-0.15, -0.1) is 0 Å². The minimum absolute atomic E-state index is 0.475. The van der Waals surface area contributed by atoms with E-state index in [2.05, 4.69) is 15.9 Å². The number of rotatable bonds is 2. The van der Waals surface area contributed by atoms with Crippen LogP contribution in [0.3, 0.4) is 0 Å². The number of furan rings is 1. The minimum atomic E-state index is 0.475. The average Bonchev–Trinajstić information content (AvgIpc) is 2.56. The molecule has 0 saturated carbocycles. The number of ether oxygens (including phenoxy) is 1. The summed E-state index contributed by atoms with van der Waals surface area (Å²) in [6.07, 6.45) is 0.745. The summed E-state index contributed by atoms with van der Waals surface area (Å²) in [6, 6.07) is 5.35. The summed E-state index contributed by atoms with van der Waals surface area (Å²) >= 11 is 3.22. The third kappa shape index (κ3) is 1.32. The van der Waals surface area contributed by atoms with Crippen LogP contribution in [0.2, 0.25) is 0 Å². The normalized spacial score (nSPS) is 10.4. The maximum atomic E-state index is 10.7. The monoisotopic (exact) mass is 254 g/mol. The molecule has 0 saturated heterocycles. The summed E-state index contributed by atoms with van der Waals surface area (Å²) in [4.78, 5) is 10.7. The van der Waals surface area contributed by atoms with Crippen LogP contribution in [0.15, 0.2) is 27.3 Å². The standard InChI is InChI=1S/C10H7BrO3/c1-13-9-7(5-12)3-2-6-4-8(11)14-10(6)9/h2-5H,1H3. The molecule has 1 aromatic carbocycles. The zero-order valence-electron chi connectivity index (χ0n) is 7.41. The van der Waals surface area contributed by atoms with Crippen molar-refractivity contribution in [2.75, 3.05) is 7.11 Å². The molecule has 0 amide bonds. The molecule has 1 aromatic heterocycles. The maximum absolute atomic E-state index is 10.7. The molecule has 2 rings (SSSR count). The molecular formula is C10H7BrO3. The van der Waals surface area contributed by atoms with Gasteiger partial charge in [-0.1, -0.05) is 6.07 Å². The van der Waals surface area contributed by atoms with Crippen LogP contribution >= 0.6 is 15.9 Å². The van der Waals surface area contributed by atoms with Gasteiger partial charge in [-0.2, -0.15) is 0 Å². The van der Waals surface area contributed by atoms with E-state index in [0.29, 0.717) is 21.6 Å². The van der Waals surface area contributed by atoms with E-state index < -0.39 is 0 Å². The minimum Gasteiger partial charge on any atom is -0.492 e. The number of halogens is 1. The summed E-state index contributed by atoms with van der Waals surface area (Å²) in [5, 5.41) is 0.902. The Bertz CT molecular complexity index is 487. The molecule has 0 aliphatic rings. The lowest BCUT2D eigenvalue weighted by Gasteiger charge is -2.02. The lowest BCUT2D eigenvalue weighted by molar-refractivity contribution is 0.112. The smallest absolute Gasteiger partial charge is 0.178 e. The molecule has 0 atom stereocenters. The Morgan fingerprint density at radius 2 is 2.29 bits per heavy atom. The van der Waals surface area contributed by atoms with Gasteiger partial charge in [0, 0.05) is 5.39 Å². The van der Waals surface area contributed by atoms with Crippen LogP contribution in [0.1, 0.15) is 10.4 Å². The lowest BCUT2D eigenvalue weighted by Crippen LogP contribution is -1.89. The van der Waals surface area contributed by atoms with Crippen LogP contribution < -0.4 is 4.74 Å². The van der Waals surface area contributed by atoms with E-state index in [4.69, 9.17) is 9.15 Å². The van der Waals surface area contributed by atoms with Gasteiger partial charge in [0.1, 0.15) is 0 Å². The molecule has 0 aliphatic carbocycles. The number of carbonyl (C=O) groups is 1. The van der Waals surface area contributed by atoms with Crippen molar-refractivity contribution in [3.63, 3.8) is 0 Å². The number of methoxy groups -OCH3 is 1. The third-order valence-electron chi connectivity index (χ3n) is 1.97. The highest BCUT2D eigenvalue weighted by Crippen LogP contribution is 2.33. The van der Waals surface area contributed by atoms with Crippen molar-refractivity contribution in [2.45, 2.75) is 0 Å². The van der Waals surface area contributed by atoms with Crippen molar-refractivity contribution in [3.8, 4) is 5.75 Å². The van der Waals surface area contributed by atoms with Crippen molar-refractivity contribution < 1.29 is 13.9 Å². The zero-order valence-corrected chi connectivity index (χ0v) is 9.00. The van der Waals surface area contributed by atoms with Gasteiger partial charge in [0.25, 0.3) is 0 Å². The summed E-state index contributed by atoms with van der Waals surface area (Å²) in [5.41, 5.74) is 1.07. The van der Waals surface area contributed by atoms with Crippen molar-refractivity contribution >= 4 is 33.2 Å². The fourth-order valence-corrected chi connectivity index (χ4v) is 1.77. The van der Waals surface area contributed by atoms with Gasteiger partial charge < -0.3 is 9.15 Å². The van der Waals surface area contributed by atoms with E-state index >= 15 is 0 Å². The highest BCUT2D eigenvalue weighted by atomic mass is 79.9. The SMILES string of the molecule is COc1c(C=O)ccc2cc(Br)oc12. The molecule has 0 bridgehead atoms. The second-order valence-corrected chi connectivity index (χ2v) is 3.56. The number of benzene rings is 1. The quantitative estimate of drug-likeness (QED) is 0.774. The van der Waals surface area contributed by atoms with Gasteiger partial charge in [-0.3, -0.25) is 4.79 Å². The Balaban J connectivity index is 2.82. The number of hydrogen-bond donors (Lipinski definition) is 0. The number of carbonyl (C=O) groups excluding carboxylic acids is 1. The fourth-order valence-electron chi connectivity index (χ4n) is 1.36. The van der Waals surface area contributed by atoms with Gasteiger partial charge >= 0.3 is 0 Å². The number of fused-ring (bicyclic) bond motifs is 1. The van der Waals surface area contributed by atoms with Crippen LogP contribution in [0.25, 0.3) is 11.0 Å². The maximum Gasteiger partial charge on any atom is 0.178 e. The first kappa shape index (κ1) is 9.27. The zero-order chi connectivity index (χ0) is 10.1. The van der Waals surface area contributed by atoms with E-state index in [9.17, 15) is 4.79 Å². The first-order chi connectivity index (χ1) is 6.76. The van der Waals surface area contributed by atoms with Crippen LogP contribution in [0.4, 0.5) is 0 Å². The molecule has 0 N–H and O–H groups in total. The molecule has 0 unspecified atom stereocenters. The van der Waals surface area contributed by atoms with Crippen LogP contribution in [-0.2, 0) is 0 Å². The lowest BCUT2D eigenvalue weighted by atomic mass is 10.1. The summed E-state index contributed by atoms with van der Waals surface area (Å²) < 4.78 is 11.1. The molecule has 72 valence electrons. The van der Waals surface area contributed by atoms with E-state index in [-0.39, 0.29) is 0 Å². The van der Waals surface area contributed by atoms with Gasteiger partial charge in [0.15, 0.2) is 22.3 Å². The van der Waals surface area contributed by atoms with Gasteiger partial charge in [0.2, 0.25) is 0 Å². The molecule has 0 fully saturated rings. The molecule has 0 aliphatic heterocycles. The summed E-state index contributed by atoms with van der Waals surface area (Å²) in [7, 11) is 1.51. The van der Waals surface area contributed by atoms with E-state index in [1.807, 2.05) is 12.1 Å².